The number of rotatable bonds is 6. The molecule has 1 saturated heterocycles. The summed E-state index contributed by atoms with van der Waals surface area (Å²) in [7, 11) is 1.94. The minimum atomic E-state index is 0. The molecule has 0 aromatic carbocycles. The van der Waals surface area contributed by atoms with Gasteiger partial charge in [-0.25, -0.2) is 4.99 Å². The summed E-state index contributed by atoms with van der Waals surface area (Å²) in [4.78, 5) is 19.5. The van der Waals surface area contributed by atoms with E-state index in [2.05, 4.69) is 32.4 Å². The number of hydrogen-bond donors (Lipinski definition) is 2. The molecule has 162 valence electrons. The Hall–Kier alpha value is -1.65. The summed E-state index contributed by atoms with van der Waals surface area (Å²) in [6, 6.07) is 0.213. The highest BCUT2D eigenvalue weighted by atomic mass is 127. The Morgan fingerprint density at radius 1 is 1.28 bits per heavy atom. The van der Waals surface area contributed by atoms with Crippen LogP contribution in [0.3, 0.4) is 0 Å². The number of aliphatic imine (C=N–C) groups is 1. The van der Waals surface area contributed by atoms with Gasteiger partial charge in [0, 0.05) is 38.6 Å². The summed E-state index contributed by atoms with van der Waals surface area (Å²) in [5, 5.41) is 15.0. The maximum Gasteiger partial charge on any atom is 0.225 e. The Balaban J connectivity index is 0.00000300. The SMILES string of the molecule is C=CCNC(=NCc1nnc(C)n1C)NC1CCN(C(=O)C2CCCCC2)C1.I. The zero-order chi connectivity index (χ0) is 19.9. The predicted octanol–water partition coefficient (Wildman–Crippen LogP) is 2.14. The minimum Gasteiger partial charge on any atom is -0.353 e. The molecule has 1 saturated carbocycles. The number of halogens is 1. The molecule has 1 aliphatic heterocycles. The van der Waals surface area contributed by atoms with Gasteiger partial charge in [-0.2, -0.15) is 0 Å². The van der Waals surface area contributed by atoms with Crippen LogP contribution in [0.15, 0.2) is 17.6 Å². The van der Waals surface area contributed by atoms with E-state index in [1.165, 1.54) is 19.3 Å². The number of nitrogens with one attached hydrogen (secondary N) is 2. The van der Waals surface area contributed by atoms with Gasteiger partial charge >= 0.3 is 0 Å². The topological polar surface area (TPSA) is 87.4 Å². The lowest BCUT2D eigenvalue weighted by molar-refractivity contribution is -0.135. The Labute approximate surface area is 190 Å². The smallest absolute Gasteiger partial charge is 0.225 e. The van der Waals surface area contributed by atoms with Gasteiger partial charge in [-0.3, -0.25) is 4.79 Å². The van der Waals surface area contributed by atoms with Crippen LogP contribution in [0, 0.1) is 12.8 Å². The van der Waals surface area contributed by atoms with Crippen molar-refractivity contribution in [2.75, 3.05) is 19.6 Å². The van der Waals surface area contributed by atoms with Crippen molar-refractivity contribution in [3.63, 3.8) is 0 Å². The molecule has 29 heavy (non-hydrogen) atoms. The van der Waals surface area contributed by atoms with E-state index in [1.54, 1.807) is 6.08 Å². The van der Waals surface area contributed by atoms with Crippen LogP contribution in [0.5, 0.6) is 0 Å². The fraction of sp³-hybridized carbons (Fsp3) is 0.700. The van der Waals surface area contributed by atoms with E-state index in [0.717, 1.165) is 50.0 Å². The number of nitrogens with zero attached hydrogens (tertiary/aromatic N) is 5. The van der Waals surface area contributed by atoms with Gasteiger partial charge in [-0.15, -0.1) is 40.8 Å². The van der Waals surface area contributed by atoms with Gasteiger partial charge in [-0.1, -0.05) is 25.3 Å². The highest BCUT2D eigenvalue weighted by molar-refractivity contribution is 14.0. The molecule has 1 aromatic rings. The Morgan fingerprint density at radius 3 is 2.69 bits per heavy atom. The average molecular weight is 515 g/mol. The first-order valence-electron chi connectivity index (χ1n) is 10.4. The number of aryl methyl sites for hydroxylation is 1. The third-order valence-corrected chi connectivity index (χ3v) is 5.77. The largest absolute Gasteiger partial charge is 0.353 e. The lowest BCUT2D eigenvalue weighted by Crippen LogP contribution is -2.45. The summed E-state index contributed by atoms with van der Waals surface area (Å²) < 4.78 is 1.94. The van der Waals surface area contributed by atoms with Crippen LogP contribution >= 0.6 is 24.0 Å². The summed E-state index contributed by atoms with van der Waals surface area (Å²) in [5.41, 5.74) is 0. The number of likely N-dealkylation sites (tertiary alicyclic amines) is 1. The van der Waals surface area contributed by atoms with Crippen molar-refractivity contribution in [2.45, 2.75) is 58.0 Å². The van der Waals surface area contributed by atoms with Crippen molar-refractivity contribution < 1.29 is 4.79 Å². The first-order valence-corrected chi connectivity index (χ1v) is 10.4. The summed E-state index contributed by atoms with van der Waals surface area (Å²) in [6.07, 6.45) is 8.50. The molecule has 1 atom stereocenters. The molecule has 2 N–H and O–H groups in total. The number of amides is 1. The van der Waals surface area contributed by atoms with Crippen molar-refractivity contribution in [3.8, 4) is 0 Å². The molecule has 1 aromatic heterocycles. The van der Waals surface area contributed by atoms with E-state index in [1.807, 2.05) is 23.4 Å². The molecule has 8 nitrogen and oxygen atoms in total. The van der Waals surface area contributed by atoms with E-state index in [0.29, 0.717) is 19.0 Å². The standard InChI is InChI=1S/C20H33N7O.HI/c1-4-11-21-20(22-13-18-25-24-15(2)26(18)3)23-17-10-12-27(14-17)19(28)16-8-6-5-7-9-16;/h4,16-17H,1,5-14H2,2-3H3,(H2,21,22,23);1H. The Kier molecular flexibility index (Phi) is 9.38. The molecule has 0 bridgehead atoms. The normalized spacial score (nSPS) is 20.3. The molecule has 2 aliphatic rings. The van der Waals surface area contributed by atoms with Crippen molar-refractivity contribution in [1.29, 1.82) is 0 Å². The van der Waals surface area contributed by atoms with Gasteiger partial charge in [0.15, 0.2) is 11.8 Å². The van der Waals surface area contributed by atoms with Crippen molar-refractivity contribution >= 4 is 35.8 Å². The molecular formula is C20H34IN7O. The number of carbonyl (C=O) groups excluding carboxylic acids is 1. The monoisotopic (exact) mass is 515 g/mol. The quantitative estimate of drug-likeness (QED) is 0.263. The Bertz CT molecular complexity index is 712. The maximum absolute atomic E-state index is 12.8. The average Bonchev–Trinajstić information content (AvgIpc) is 3.31. The minimum absolute atomic E-state index is 0. The first kappa shape index (κ1) is 23.6. The predicted molar refractivity (Wildman–Crippen MR) is 125 cm³/mol. The molecule has 0 radical (unpaired) electrons. The molecular weight excluding hydrogens is 481 g/mol. The van der Waals surface area contributed by atoms with E-state index in [-0.39, 0.29) is 35.9 Å². The van der Waals surface area contributed by atoms with Gasteiger partial charge in [0.2, 0.25) is 5.91 Å². The second kappa shape index (κ2) is 11.5. The highest BCUT2D eigenvalue weighted by Crippen LogP contribution is 2.26. The molecule has 0 spiro atoms. The van der Waals surface area contributed by atoms with Crippen LogP contribution < -0.4 is 10.6 Å². The second-order valence-corrected chi connectivity index (χ2v) is 7.81. The fourth-order valence-corrected chi connectivity index (χ4v) is 3.94. The van der Waals surface area contributed by atoms with Gasteiger partial charge in [0.25, 0.3) is 0 Å². The van der Waals surface area contributed by atoms with Crippen LogP contribution in [0.4, 0.5) is 0 Å². The van der Waals surface area contributed by atoms with Crippen LogP contribution in [-0.2, 0) is 18.4 Å². The number of aromatic nitrogens is 3. The number of carbonyl (C=O) groups is 1. The molecule has 1 unspecified atom stereocenters. The lowest BCUT2D eigenvalue weighted by Gasteiger charge is -2.26. The molecule has 2 fully saturated rings. The third-order valence-electron chi connectivity index (χ3n) is 5.77. The first-order chi connectivity index (χ1) is 13.6. The summed E-state index contributed by atoms with van der Waals surface area (Å²) in [6.45, 7) is 8.32. The number of hydrogen-bond acceptors (Lipinski definition) is 4. The lowest BCUT2D eigenvalue weighted by atomic mass is 9.88. The third kappa shape index (κ3) is 6.42. The van der Waals surface area contributed by atoms with Crippen LogP contribution in [0.2, 0.25) is 0 Å². The van der Waals surface area contributed by atoms with E-state index < -0.39 is 0 Å². The Morgan fingerprint density at radius 2 is 2.03 bits per heavy atom. The molecule has 1 aliphatic carbocycles. The summed E-state index contributed by atoms with van der Waals surface area (Å²) in [5.74, 6) is 2.98. The van der Waals surface area contributed by atoms with Crippen LogP contribution in [-0.4, -0.2) is 57.2 Å². The van der Waals surface area contributed by atoms with Crippen molar-refractivity contribution in [3.05, 3.63) is 24.3 Å². The van der Waals surface area contributed by atoms with Gasteiger partial charge in [0.05, 0.1) is 0 Å². The van der Waals surface area contributed by atoms with Crippen LogP contribution in [0.25, 0.3) is 0 Å². The second-order valence-electron chi connectivity index (χ2n) is 7.81. The van der Waals surface area contributed by atoms with Crippen LogP contribution in [0.1, 0.15) is 50.2 Å². The fourth-order valence-electron chi connectivity index (χ4n) is 3.94. The summed E-state index contributed by atoms with van der Waals surface area (Å²) >= 11 is 0. The van der Waals surface area contributed by atoms with E-state index in [9.17, 15) is 4.79 Å². The van der Waals surface area contributed by atoms with Gasteiger partial charge in [0.1, 0.15) is 12.4 Å². The van der Waals surface area contributed by atoms with Crippen molar-refractivity contribution in [2.24, 2.45) is 18.0 Å². The zero-order valence-electron chi connectivity index (χ0n) is 17.6. The number of guanidine groups is 1. The molecule has 3 rings (SSSR count). The highest BCUT2D eigenvalue weighted by Gasteiger charge is 2.31. The van der Waals surface area contributed by atoms with E-state index in [4.69, 9.17) is 0 Å². The molecule has 9 heteroatoms. The van der Waals surface area contributed by atoms with E-state index >= 15 is 0 Å². The maximum atomic E-state index is 12.8. The van der Waals surface area contributed by atoms with Gasteiger partial charge < -0.3 is 20.1 Å². The zero-order valence-corrected chi connectivity index (χ0v) is 19.9. The molecule has 2 heterocycles. The van der Waals surface area contributed by atoms with Crippen molar-refractivity contribution in [1.82, 2.24) is 30.3 Å². The molecule has 1 amide bonds. The van der Waals surface area contributed by atoms with Gasteiger partial charge in [-0.05, 0) is 26.2 Å².